The molecule has 2 heteroatoms. The number of hydrogen-bond acceptors (Lipinski definition) is 2. The van der Waals surface area contributed by atoms with Gasteiger partial charge in [0.05, 0.1) is 0 Å². The fourth-order valence-electron chi connectivity index (χ4n) is 1.19. The maximum Gasteiger partial charge on any atom is 0.0128 e. The van der Waals surface area contributed by atoms with Crippen LogP contribution in [0.25, 0.3) is 0 Å². The lowest BCUT2D eigenvalue weighted by Crippen LogP contribution is -2.31. The molecule has 0 aromatic heterocycles. The largest absolute Gasteiger partial charge is 0.271 e. The Balaban J connectivity index is 3.50. The van der Waals surface area contributed by atoms with Crippen LogP contribution < -0.4 is 11.3 Å². The third-order valence-corrected chi connectivity index (χ3v) is 1.98. The molecule has 0 fully saturated rings. The van der Waals surface area contributed by atoms with Gasteiger partial charge in [-0.25, -0.2) is 0 Å². The number of nitrogens with one attached hydrogen (secondary N) is 1. The van der Waals surface area contributed by atoms with Gasteiger partial charge in [0.2, 0.25) is 0 Å². The summed E-state index contributed by atoms with van der Waals surface area (Å²) in [6.45, 7) is 7.66. The van der Waals surface area contributed by atoms with Crippen molar-refractivity contribution in [1.82, 2.24) is 5.43 Å². The second kappa shape index (κ2) is 5.69. The van der Waals surface area contributed by atoms with E-state index in [0.717, 1.165) is 18.4 Å². The van der Waals surface area contributed by atoms with Crippen LogP contribution in [0.4, 0.5) is 0 Å². The van der Waals surface area contributed by atoms with Gasteiger partial charge in [0.25, 0.3) is 0 Å². The number of rotatable bonds is 5. The van der Waals surface area contributed by atoms with Crippen LogP contribution in [0.5, 0.6) is 0 Å². The van der Waals surface area contributed by atoms with Crippen LogP contribution in [0.15, 0.2) is 0 Å². The molecule has 0 aromatic rings. The van der Waals surface area contributed by atoms with Gasteiger partial charge < -0.3 is 0 Å². The van der Waals surface area contributed by atoms with E-state index in [1.165, 1.54) is 12.8 Å². The zero-order valence-corrected chi connectivity index (χ0v) is 7.35. The Morgan fingerprint density at radius 3 is 2.30 bits per heavy atom. The van der Waals surface area contributed by atoms with E-state index in [9.17, 15) is 0 Å². The average Bonchev–Trinajstić information content (AvgIpc) is 1.87. The van der Waals surface area contributed by atoms with E-state index in [1.807, 2.05) is 0 Å². The van der Waals surface area contributed by atoms with Gasteiger partial charge in [-0.05, 0) is 18.3 Å². The molecular weight excluding hydrogens is 124 g/mol. The highest BCUT2D eigenvalue weighted by Gasteiger charge is 2.10. The highest BCUT2D eigenvalue weighted by Crippen LogP contribution is 2.15. The van der Waals surface area contributed by atoms with Gasteiger partial charge >= 0.3 is 0 Å². The van der Waals surface area contributed by atoms with Gasteiger partial charge in [-0.3, -0.25) is 11.3 Å². The Kier molecular flexibility index (Phi) is 5.64. The highest BCUT2D eigenvalue weighted by atomic mass is 15.2. The molecule has 0 spiro atoms. The van der Waals surface area contributed by atoms with Crippen molar-refractivity contribution >= 4 is 0 Å². The van der Waals surface area contributed by atoms with E-state index in [4.69, 9.17) is 5.84 Å². The molecule has 0 aliphatic rings. The smallest absolute Gasteiger partial charge is 0.0128 e. The van der Waals surface area contributed by atoms with Crippen LogP contribution in [0, 0.1) is 11.8 Å². The minimum Gasteiger partial charge on any atom is -0.271 e. The molecule has 1 unspecified atom stereocenters. The molecule has 0 amide bonds. The fourth-order valence-corrected chi connectivity index (χ4v) is 1.19. The van der Waals surface area contributed by atoms with Crippen molar-refractivity contribution in [1.29, 1.82) is 0 Å². The van der Waals surface area contributed by atoms with Crippen molar-refractivity contribution in [3.05, 3.63) is 0 Å². The van der Waals surface area contributed by atoms with Gasteiger partial charge in [-0.15, -0.1) is 0 Å². The van der Waals surface area contributed by atoms with E-state index in [0.29, 0.717) is 0 Å². The summed E-state index contributed by atoms with van der Waals surface area (Å²) in [7, 11) is 0. The maximum absolute atomic E-state index is 5.25. The van der Waals surface area contributed by atoms with E-state index < -0.39 is 0 Å². The summed E-state index contributed by atoms with van der Waals surface area (Å²) in [4.78, 5) is 0. The molecule has 0 aliphatic carbocycles. The molecule has 2 nitrogen and oxygen atoms in total. The lowest BCUT2D eigenvalue weighted by Gasteiger charge is -2.18. The molecule has 0 heterocycles. The van der Waals surface area contributed by atoms with Gasteiger partial charge in [-0.2, -0.15) is 0 Å². The van der Waals surface area contributed by atoms with Crippen LogP contribution in [-0.4, -0.2) is 6.54 Å². The Hall–Kier alpha value is -0.0800. The molecule has 62 valence electrons. The van der Waals surface area contributed by atoms with Crippen molar-refractivity contribution in [2.24, 2.45) is 17.7 Å². The van der Waals surface area contributed by atoms with Gasteiger partial charge in [-0.1, -0.05) is 27.2 Å². The van der Waals surface area contributed by atoms with E-state index in [-0.39, 0.29) is 0 Å². The summed E-state index contributed by atoms with van der Waals surface area (Å²) < 4.78 is 0. The first kappa shape index (κ1) is 9.92. The zero-order chi connectivity index (χ0) is 7.98. The normalized spacial score (nSPS) is 14.1. The van der Waals surface area contributed by atoms with E-state index in [2.05, 4.69) is 26.2 Å². The van der Waals surface area contributed by atoms with Crippen LogP contribution >= 0.6 is 0 Å². The second-order valence-electron chi connectivity index (χ2n) is 3.20. The Bertz CT molecular complexity index is 65.7. The fraction of sp³-hybridized carbons (Fsp3) is 1.00. The first-order valence-corrected chi connectivity index (χ1v) is 4.15. The van der Waals surface area contributed by atoms with Crippen LogP contribution in [0.1, 0.15) is 33.6 Å². The quantitative estimate of drug-likeness (QED) is 0.453. The molecule has 0 aliphatic heterocycles. The first-order chi connectivity index (χ1) is 4.72. The van der Waals surface area contributed by atoms with Crippen molar-refractivity contribution in [2.75, 3.05) is 6.54 Å². The third-order valence-electron chi connectivity index (χ3n) is 1.98. The van der Waals surface area contributed by atoms with E-state index >= 15 is 0 Å². The SMILES string of the molecule is CCCC(CNN)C(C)C. The van der Waals surface area contributed by atoms with Crippen LogP contribution in [0.2, 0.25) is 0 Å². The molecule has 0 saturated carbocycles. The minimum absolute atomic E-state index is 0.745. The molecule has 3 N–H and O–H groups in total. The Morgan fingerprint density at radius 1 is 1.40 bits per heavy atom. The lowest BCUT2D eigenvalue weighted by molar-refractivity contribution is 0.340. The van der Waals surface area contributed by atoms with Crippen molar-refractivity contribution < 1.29 is 0 Å². The summed E-state index contributed by atoms with van der Waals surface area (Å²) in [5, 5.41) is 0. The van der Waals surface area contributed by atoms with Crippen LogP contribution in [-0.2, 0) is 0 Å². The highest BCUT2D eigenvalue weighted by molar-refractivity contribution is 4.63. The van der Waals surface area contributed by atoms with Crippen LogP contribution in [0.3, 0.4) is 0 Å². The van der Waals surface area contributed by atoms with Gasteiger partial charge in [0.1, 0.15) is 0 Å². The van der Waals surface area contributed by atoms with Crippen molar-refractivity contribution in [3.8, 4) is 0 Å². The van der Waals surface area contributed by atoms with Gasteiger partial charge in [0, 0.05) is 6.54 Å². The average molecular weight is 144 g/mol. The summed E-state index contributed by atoms with van der Waals surface area (Å²) >= 11 is 0. The van der Waals surface area contributed by atoms with Gasteiger partial charge in [0.15, 0.2) is 0 Å². The summed E-state index contributed by atoms with van der Waals surface area (Å²) in [6, 6.07) is 0. The predicted octanol–water partition coefficient (Wildman–Crippen LogP) is 1.52. The molecule has 10 heavy (non-hydrogen) atoms. The maximum atomic E-state index is 5.25. The molecule has 0 saturated heterocycles. The van der Waals surface area contributed by atoms with E-state index in [1.54, 1.807) is 0 Å². The zero-order valence-electron chi connectivity index (χ0n) is 7.35. The molecular formula is C8H20N2. The molecule has 0 aromatic carbocycles. The Labute approximate surface area is 64.2 Å². The monoisotopic (exact) mass is 144 g/mol. The summed E-state index contributed by atoms with van der Waals surface area (Å²) in [5.74, 6) is 6.74. The summed E-state index contributed by atoms with van der Waals surface area (Å²) in [5.41, 5.74) is 2.73. The topological polar surface area (TPSA) is 38.0 Å². The number of hydrogen-bond donors (Lipinski definition) is 2. The molecule has 0 radical (unpaired) electrons. The standard InChI is InChI=1S/C8H20N2/c1-4-5-8(6-10-9)7(2)3/h7-8,10H,4-6,9H2,1-3H3. The number of hydrazine groups is 1. The van der Waals surface area contributed by atoms with Crippen molar-refractivity contribution in [3.63, 3.8) is 0 Å². The summed E-state index contributed by atoms with van der Waals surface area (Å²) in [6.07, 6.45) is 2.53. The second-order valence-corrected chi connectivity index (χ2v) is 3.20. The van der Waals surface area contributed by atoms with Crippen molar-refractivity contribution in [2.45, 2.75) is 33.6 Å². The minimum atomic E-state index is 0.745. The predicted molar refractivity (Wildman–Crippen MR) is 45.4 cm³/mol. The number of nitrogens with two attached hydrogens (primary N) is 1. The third kappa shape index (κ3) is 3.85. The first-order valence-electron chi connectivity index (χ1n) is 4.15. The molecule has 0 rings (SSSR count). The lowest BCUT2D eigenvalue weighted by atomic mass is 9.92. The molecule has 0 bridgehead atoms. The Morgan fingerprint density at radius 2 is 2.00 bits per heavy atom. The molecule has 1 atom stereocenters.